The Bertz CT molecular complexity index is 1130. The van der Waals surface area contributed by atoms with E-state index >= 15 is 0 Å². The normalized spacial score (nSPS) is 10.7. The van der Waals surface area contributed by atoms with Gasteiger partial charge in [0.05, 0.1) is 0 Å². The first-order valence-electron chi connectivity index (χ1n) is 8.35. The lowest BCUT2D eigenvalue weighted by Gasteiger charge is -2.11. The summed E-state index contributed by atoms with van der Waals surface area (Å²) in [6.07, 6.45) is 0. The van der Waals surface area contributed by atoms with Crippen LogP contribution < -0.4 is 10.6 Å². The number of benzene rings is 3. The summed E-state index contributed by atoms with van der Waals surface area (Å²) in [6.45, 7) is 1.77. The van der Waals surface area contributed by atoms with E-state index in [1.54, 1.807) is 43.3 Å². The van der Waals surface area contributed by atoms with E-state index in [0.717, 1.165) is 16.5 Å². The maximum absolute atomic E-state index is 10.0. The molecule has 0 unspecified atom stereocenters. The van der Waals surface area contributed by atoms with Gasteiger partial charge in [0, 0.05) is 28.2 Å². The van der Waals surface area contributed by atoms with Crippen LogP contribution in [-0.2, 0) is 0 Å². The van der Waals surface area contributed by atoms with Crippen molar-refractivity contribution in [2.24, 2.45) is 0 Å². The molecule has 0 saturated carbocycles. The Hall–Kier alpha value is -3.87. The lowest BCUT2D eigenvalue weighted by Crippen LogP contribution is -2.05. The fourth-order valence-corrected chi connectivity index (χ4v) is 2.82. The van der Waals surface area contributed by atoms with Gasteiger partial charge >= 0.3 is 0 Å². The molecule has 1 aromatic heterocycles. The van der Waals surface area contributed by atoms with Crippen LogP contribution in [-0.4, -0.2) is 25.2 Å². The molecule has 4 N–H and O–H groups in total. The van der Waals surface area contributed by atoms with Gasteiger partial charge in [-0.15, -0.1) is 0 Å². The van der Waals surface area contributed by atoms with Gasteiger partial charge in [-0.25, -0.2) is 0 Å². The number of aromatic hydroxyl groups is 2. The molecular weight excluding hydrogens is 342 g/mol. The summed E-state index contributed by atoms with van der Waals surface area (Å²) < 4.78 is 0. The zero-order valence-electron chi connectivity index (χ0n) is 14.5. The number of aryl methyl sites for hydroxylation is 1. The van der Waals surface area contributed by atoms with Gasteiger partial charge in [-0.1, -0.05) is 30.3 Å². The van der Waals surface area contributed by atoms with E-state index in [4.69, 9.17) is 0 Å². The highest BCUT2D eigenvalue weighted by Gasteiger charge is 2.09. The van der Waals surface area contributed by atoms with Crippen molar-refractivity contribution in [3.63, 3.8) is 0 Å². The van der Waals surface area contributed by atoms with E-state index < -0.39 is 0 Å². The molecule has 134 valence electrons. The predicted octanol–water partition coefficient (Wildman–Crippen LogP) is 4.23. The van der Waals surface area contributed by atoms with Crippen LogP contribution in [0.2, 0.25) is 0 Å². The minimum absolute atomic E-state index is 0.152. The largest absolute Gasteiger partial charge is 0.508 e. The quantitative estimate of drug-likeness (QED) is 0.404. The fraction of sp³-hybridized carbons (Fsp3) is 0.0500. The molecule has 7 heteroatoms. The number of hydrogen-bond donors (Lipinski definition) is 4. The molecule has 0 aliphatic heterocycles. The molecule has 0 bridgehead atoms. The number of phenols is 2. The first-order chi connectivity index (χ1) is 13.1. The van der Waals surface area contributed by atoms with E-state index in [1.165, 1.54) is 0 Å². The van der Waals surface area contributed by atoms with Gasteiger partial charge < -0.3 is 20.8 Å². The Kier molecular flexibility index (Phi) is 4.18. The molecule has 0 atom stereocenters. The molecule has 0 radical (unpaired) electrons. The van der Waals surface area contributed by atoms with E-state index in [0.29, 0.717) is 23.4 Å². The number of anilines is 4. The van der Waals surface area contributed by atoms with Crippen molar-refractivity contribution >= 4 is 34.0 Å². The maximum atomic E-state index is 10.0. The molecule has 7 nitrogen and oxygen atoms in total. The predicted molar refractivity (Wildman–Crippen MR) is 105 cm³/mol. The van der Waals surface area contributed by atoms with Crippen molar-refractivity contribution < 1.29 is 10.2 Å². The summed E-state index contributed by atoms with van der Waals surface area (Å²) in [5.41, 5.74) is 1.44. The third-order valence-electron chi connectivity index (χ3n) is 4.00. The molecule has 0 aliphatic carbocycles. The van der Waals surface area contributed by atoms with E-state index in [2.05, 4.69) is 25.6 Å². The van der Waals surface area contributed by atoms with Gasteiger partial charge in [0.25, 0.3) is 0 Å². The number of rotatable bonds is 4. The molecule has 4 aromatic rings. The van der Waals surface area contributed by atoms with Crippen LogP contribution >= 0.6 is 0 Å². The van der Waals surface area contributed by atoms with Gasteiger partial charge in [0.15, 0.2) is 0 Å². The van der Waals surface area contributed by atoms with Crippen LogP contribution in [0.4, 0.5) is 23.3 Å². The lowest BCUT2D eigenvalue weighted by molar-refractivity contribution is 0.475. The van der Waals surface area contributed by atoms with Crippen LogP contribution in [0.5, 0.6) is 11.5 Å². The minimum atomic E-state index is 0.152. The van der Waals surface area contributed by atoms with Crippen LogP contribution in [0, 0.1) is 6.92 Å². The van der Waals surface area contributed by atoms with Crippen LogP contribution in [0.25, 0.3) is 10.8 Å². The van der Waals surface area contributed by atoms with Crippen LogP contribution in [0.1, 0.15) is 5.82 Å². The summed E-state index contributed by atoms with van der Waals surface area (Å²) in [4.78, 5) is 13.0. The Morgan fingerprint density at radius 1 is 0.741 bits per heavy atom. The lowest BCUT2D eigenvalue weighted by atomic mass is 10.1. The molecule has 1 heterocycles. The first-order valence-corrected chi connectivity index (χ1v) is 8.35. The summed E-state index contributed by atoms with van der Waals surface area (Å²) in [5.74, 6) is 1.65. The zero-order valence-corrected chi connectivity index (χ0v) is 14.5. The second kappa shape index (κ2) is 6.80. The summed E-state index contributed by atoms with van der Waals surface area (Å²) in [7, 11) is 0. The fourth-order valence-electron chi connectivity index (χ4n) is 2.82. The van der Waals surface area contributed by atoms with E-state index in [1.807, 2.05) is 24.3 Å². The number of nitrogens with one attached hydrogen (secondary N) is 2. The molecule has 4 rings (SSSR count). The first kappa shape index (κ1) is 16.6. The van der Waals surface area contributed by atoms with Gasteiger partial charge in [-0.2, -0.15) is 15.0 Å². The van der Waals surface area contributed by atoms with Crippen molar-refractivity contribution in [1.29, 1.82) is 0 Å². The van der Waals surface area contributed by atoms with Gasteiger partial charge in [0.2, 0.25) is 11.9 Å². The monoisotopic (exact) mass is 359 g/mol. The SMILES string of the molecule is Cc1nc(Nc2cccc(O)c2)nc(Nc2ccc(O)c3ccccc23)n1. The minimum Gasteiger partial charge on any atom is -0.508 e. The van der Waals surface area contributed by atoms with Crippen LogP contribution in [0.15, 0.2) is 60.7 Å². The molecule has 0 amide bonds. The molecule has 0 saturated heterocycles. The van der Waals surface area contributed by atoms with Gasteiger partial charge in [0.1, 0.15) is 17.3 Å². The summed E-state index contributed by atoms with van der Waals surface area (Å²) in [6, 6.07) is 17.7. The average Bonchev–Trinajstić information content (AvgIpc) is 2.64. The second-order valence-electron chi connectivity index (χ2n) is 6.01. The Labute approximate surface area is 155 Å². The third-order valence-corrected chi connectivity index (χ3v) is 4.00. The topological polar surface area (TPSA) is 103 Å². The molecule has 27 heavy (non-hydrogen) atoms. The third kappa shape index (κ3) is 3.57. The molecule has 0 spiro atoms. The number of fused-ring (bicyclic) bond motifs is 1. The van der Waals surface area contributed by atoms with E-state index in [-0.39, 0.29) is 11.5 Å². The number of aromatic nitrogens is 3. The smallest absolute Gasteiger partial charge is 0.232 e. The van der Waals surface area contributed by atoms with Crippen molar-refractivity contribution in [1.82, 2.24) is 15.0 Å². The zero-order chi connectivity index (χ0) is 18.8. The second-order valence-corrected chi connectivity index (χ2v) is 6.01. The highest BCUT2D eigenvalue weighted by Crippen LogP contribution is 2.32. The van der Waals surface area contributed by atoms with E-state index in [9.17, 15) is 10.2 Å². The van der Waals surface area contributed by atoms with Crippen molar-refractivity contribution in [3.05, 3.63) is 66.5 Å². The van der Waals surface area contributed by atoms with Gasteiger partial charge in [-0.3, -0.25) is 0 Å². The Morgan fingerprint density at radius 2 is 1.48 bits per heavy atom. The van der Waals surface area contributed by atoms with Crippen molar-refractivity contribution in [2.75, 3.05) is 10.6 Å². The number of nitrogens with zero attached hydrogens (tertiary/aromatic N) is 3. The van der Waals surface area contributed by atoms with Gasteiger partial charge in [-0.05, 0) is 31.2 Å². The summed E-state index contributed by atoms with van der Waals surface area (Å²) in [5, 5.41) is 27.5. The Morgan fingerprint density at radius 3 is 2.26 bits per heavy atom. The summed E-state index contributed by atoms with van der Waals surface area (Å²) >= 11 is 0. The molecular formula is C20H17N5O2. The number of hydrogen-bond acceptors (Lipinski definition) is 7. The van der Waals surface area contributed by atoms with Crippen LogP contribution in [0.3, 0.4) is 0 Å². The highest BCUT2D eigenvalue weighted by molar-refractivity contribution is 5.98. The molecule has 0 fully saturated rings. The molecule has 0 aliphatic rings. The standard InChI is InChI=1S/C20H17N5O2/c1-12-21-19(23-13-5-4-6-14(26)11-13)25-20(22-12)24-17-9-10-18(27)16-8-3-2-7-15(16)17/h2-11,26-27H,1H3,(H2,21,22,23,24,25). The average molecular weight is 359 g/mol. The van der Waals surface area contributed by atoms with Crippen molar-refractivity contribution in [3.8, 4) is 11.5 Å². The highest BCUT2D eigenvalue weighted by atomic mass is 16.3. The number of phenolic OH excluding ortho intramolecular Hbond substituents is 2. The Balaban J connectivity index is 1.67. The maximum Gasteiger partial charge on any atom is 0.232 e. The van der Waals surface area contributed by atoms with Crippen molar-refractivity contribution in [2.45, 2.75) is 6.92 Å². The molecule has 3 aromatic carbocycles.